The molecule has 3 rings (SSSR count). The quantitative estimate of drug-likeness (QED) is 0.219. The van der Waals surface area contributed by atoms with Crippen LogP contribution < -0.4 is 16.0 Å². The van der Waals surface area contributed by atoms with Crippen LogP contribution in [0.25, 0.3) is 11.2 Å². The fourth-order valence-electron chi connectivity index (χ4n) is 4.11. The number of ether oxygens (including phenoxy) is 1. The van der Waals surface area contributed by atoms with E-state index in [9.17, 15) is 4.79 Å². The molecule has 0 aliphatic heterocycles. The number of hydrogen-bond acceptors (Lipinski definition) is 7. The molecule has 3 aromatic rings. The van der Waals surface area contributed by atoms with Gasteiger partial charge in [0, 0.05) is 25.3 Å². The van der Waals surface area contributed by atoms with E-state index in [2.05, 4.69) is 40.8 Å². The molecule has 0 saturated heterocycles. The number of nitrogens with two attached hydrogens (primary N) is 1. The topological polar surface area (TPSA) is 98.3 Å². The number of esters is 1. The van der Waals surface area contributed by atoms with E-state index in [4.69, 9.17) is 20.4 Å². The summed E-state index contributed by atoms with van der Waals surface area (Å²) in [5, 5.41) is 3.39. The number of pyridine rings is 1. The first-order valence-corrected chi connectivity index (χ1v) is 12.9. The van der Waals surface area contributed by atoms with Crippen molar-refractivity contribution in [3.05, 3.63) is 42.0 Å². The van der Waals surface area contributed by atoms with E-state index in [0.717, 1.165) is 48.7 Å². The van der Waals surface area contributed by atoms with Gasteiger partial charge in [-0.1, -0.05) is 39.5 Å². The van der Waals surface area contributed by atoms with Crippen molar-refractivity contribution in [1.29, 1.82) is 0 Å². The maximum absolute atomic E-state index is 11.7. The number of benzene rings is 1. The molecule has 0 bridgehead atoms. The highest BCUT2D eigenvalue weighted by molar-refractivity contribution is 5.89. The lowest BCUT2D eigenvalue weighted by molar-refractivity contribution is 0.0601. The SMILES string of the molecule is CCCCCN(CCCCC)c1ccc2nc(Nc3ccc(C(=O)OC)cc3)n(CCCN)c2n1. The summed E-state index contributed by atoms with van der Waals surface area (Å²) in [6.07, 6.45) is 8.03. The van der Waals surface area contributed by atoms with E-state index in [1.807, 2.05) is 12.1 Å². The van der Waals surface area contributed by atoms with Crippen molar-refractivity contribution < 1.29 is 9.53 Å². The first-order chi connectivity index (χ1) is 17.1. The molecule has 8 nitrogen and oxygen atoms in total. The maximum Gasteiger partial charge on any atom is 0.337 e. The number of fused-ring (bicyclic) bond motifs is 1. The van der Waals surface area contributed by atoms with Crippen LogP contribution >= 0.6 is 0 Å². The summed E-state index contributed by atoms with van der Waals surface area (Å²) < 4.78 is 6.90. The Labute approximate surface area is 208 Å². The minimum atomic E-state index is -0.356. The van der Waals surface area contributed by atoms with Gasteiger partial charge in [-0.05, 0) is 62.2 Å². The fourth-order valence-corrected chi connectivity index (χ4v) is 4.11. The van der Waals surface area contributed by atoms with Crippen molar-refractivity contribution in [1.82, 2.24) is 14.5 Å². The number of methoxy groups -OCH3 is 1. The molecule has 2 aromatic heterocycles. The summed E-state index contributed by atoms with van der Waals surface area (Å²) in [6.45, 7) is 7.82. The van der Waals surface area contributed by atoms with Gasteiger partial charge in [-0.3, -0.25) is 4.57 Å². The number of nitrogens with one attached hydrogen (secondary N) is 1. The summed E-state index contributed by atoms with van der Waals surface area (Å²) in [7, 11) is 1.38. The van der Waals surface area contributed by atoms with Gasteiger partial charge < -0.3 is 20.7 Å². The fraction of sp³-hybridized carbons (Fsp3) is 0.519. The normalized spacial score (nSPS) is 11.1. The van der Waals surface area contributed by atoms with Crippen molar-refractivity contribution in [2.45, 2.75) is 65.3 Å². The molecule has 0 spiro atoms. The number of aromatic nitrogens is 3. The first-order valence-electron chi connectivity index (χ1n) is 12.9. The van der Waals surface area contributed by atoms with Crippen molar-refractivity contribution in [3.8, 4) is 0 Å². The predicted octanol–water partition coefficient (Wildman–Crippen LogP) is 5.50. The van der Waals surface area contributed by atoms with Gasteiger partial charge in [-0.25, -0.2) is 14.8 Å². The Kier molecular flexibility index (Phi) is 10.3. The highest BCUT2D eigenvalue weighted by Gasteiger charge is 2.16. The molecule has 0 unspecified atom stereocenters. The lowest BCUT2D eigenvalue weighted by Gasteiger charge is -2.24. The van der Waals surface area contributed by atoms with Gasteiger partial charge in [0.1, 0.15) is 11.3 Å². The number of rotatable bonds is 15. The maximum atomic E-state index is 11.7. The monoisotopic (exact) mass is 480 g/mol. The third kappa shape index (κ3) is 7.18. The van der Waals surface area contributed by atoms with Crippen LogP contribution in [0, 0.1) is 0 Å². The average molecular weight is 481 g/mol. The molecular weight excluding hydrogens is 440 g/mol. The molecule has 0 aliphatic rings. The first kappa shape index (κ1) is 26.5. The molecule has 0 aliphatic carbocycles. The number of carbonyl (C=O) groups excluding carboxylic acids is 1. The molecule has 2 heterocycles. The molecule has 190 valence electrons. The van der Waals surface area contributed by atoms with E-state index in [0.29, 0.717) is 18.1 Å². The van der Waals surface area contributed by atoms with Crippen LogP contribution in [-0.4, -0.2) is 47.2 Å². The minimum Gasteiger partial charge on any atom is -0.465 e. The molecule has 0 atom stereocenters. The summed E-state index contributed by atoms with van der Waals surface area (Å²) in [5.41, 5.74) is 8.89. The zero-order valence-electron chi connectivity index (χ0n) is 21.4. The highest BCUT2D eigenvalue weighted by atomic mass is 16.5. The van der Waals surface area contributed by atoms with Crippen LogP contribution in [0.15, 0.2) is 36.4 Å². The second-order valence-corrected chi connectivity index (χ2v) is 8.84. The third-order valence-electron chi connectivity index (χ3n) is 6.11. The van der Waals surface area contributed by atoms with Gasteiger partial charge in [-0.2, -0.15) is 0 Å². The van der Waals surface area contributed by atoms with E-state index < -0.39 is 0 Å². The number of unbranched alkanes of at least 4 members (excludes halogenated alkanes) is 4. The molecule has 0 saturated carbocycles. The van der Waals surface area contributed by atoms with Crippen LogP contribution in [0.3, 0.4) is 0 Å². The van der Waals surface area contributed by atoms with E-state index in [1.54, 1.807) is 12.1 Å². The molecule has 0 fully saturated rings. The van der Waals surface area contributed by atoms with Crippen molar-refractivity contribution in [2.75, 3.05) is 37.0 Å². The lowest BCUT2D eigenvalue weighted by Crippen LogP contribution is -2.26. The van der Waals surface area contributed by atoms with E-state index >= 15 is 0 Å². The van der Waals surface area contributed by atoms with Gasteiger partial charge in [0.15, 0.2) is 5.65 Å². The van der Waals surface area contributed by atoms with E-state index in [-0.39, 0.29) is 5.97 Å². The molecule has 0 amide bonds. The number of imidazole rings is 1. The highest BCUT2D eigenvalue weighted by Crippen LogP contribution is 2.25. The molecule has 8 heteroatoms. The largest absolute Gasteiger partial charge is 0.465 e. The standard InChI is InChI=1S/C27H40N6O2/c1-4-6-8-18-32(19-9-7-5-2)24-16-15-23-25(31-24)33(20-10-17-28)27(30-23)29-22-13-11-21(12-14-22)26(34)35-3/h11-16H,4-10,17-20,28H2,1-3H3,(H,29,30). The Morgan fingerprint density at radius 1 is 0.971 bits per heavy atom. The predicted molar refractivity (Wildman–Crippen MR) is 144 cm³/mol. The van der Waals surface area contributed by atoms with Gasteiger partial charge in [0.05, 0.1) is 12.7 Å². The van der Waals surface area contributed by atoms with E-state index in [1.165, 1.54) is 45.6 Å². The molecule has 35 heavy (non-hydrogen) atoms. The van der Waals surface area contributed by atoms with Crippen molar-refractivity contribution in [3.63, 3.8) is 0 Å². The Bertz CT molecular complexity index is 1050. The Hall–Kier alpha value is -3.13. The smallest absolute Gasteiger partial charge is 0.337 e. The molecule has 3 N–H and O–H groups in total. The molecule has 0 radical (unpaired) electrons. The zero-order chi connectivity index (χ0) is 25.0. The van der Waals surface area contributed by atoms with Crippen LogP contribution in [0.5, 0.6) is 0 Å². The summed E-state index contributed by atoms with van der Waals surface area (Å²) in [6, 6.07) is 11.3. The number of hydrogen-bond donors (Lipinski definition) is 2. The minimum absolute atomic E-state index is 0.356. The lowest BCUT2D eigenvalue weighted by atomic mass is 10.2. The second kappa shape index (κ2) is 13.7. The Morgan fingerprint density at radius 2 is 1.66 bits per heavy atom. The number of aryl methyl sites for hydroxylation is 1. The number of nitrogens with zero attached hydrogens (tertiary/aromatic N) is 4. The third-order valence-corrected chi connectivity index (χ3v) is 6.11. The second-order valence-electron chi connectivity index (χ2n) is 8.84. The van der Waals surface area contributed by atoms with Gasteiger partial charge in [0.2, 0.25) is 5.95 Å². The number of anilines is 3. The summed E-state index contributed by atoms with van der Waals surface area (Å²) >= 11 is 0. The van der Waals surface area contributed by atoms with Gasteiger partial charge in [0.25, 0.3) is 0 Å². The summed E-state index contributed by atoms with van der Waals surface area (Å²) in [4.78, 5) is 24.1. The molecular formula is C27H40N6O2. The Morgan fingerprint density at radius 3 is 2.26 bits per heavy atom. The zero-order valence-corrected chi connectivity index (χ0v) is 21.4. The van der Waals surface area contributed by atoms with Crippen LogP contribution in [0.4, 0.5) is 17.5 Å². The van der Waals surface area contributed by atoms with Crippen molar-refractivity contribution >= 4 is 34.6 Å². The van der Waals surface area contributed by atoms with Crippen LogP contribution in [-0.2, 0) is 11.3 Å². The van der Waals surface area contributed by atoms with Crippen LogP contribution in [0.1, 0.15) is 69.2 Å². The van der Waals surface area contributed by atoms with Gasteiger partial charge in [-0.15, -0.1) is 0 Å². The van der Waals surface area contributed by atoms with Crippen LogP contribution in [0.2, 0.25) is 0 Å². The van der Waals surface area contributed by atoms with Gasteiger partial charge >= 0.3 is 5.97 Å². The summed E-state index contributed by atoms with van der Waals surface area (Å²) in [5.74, 6) is 1.37. The molecule has 1 aromatic carbocycles. The number of carbonyl (C=O) groups is 1. The average Bonchev–Trinajstić information content (AvgIpc) is 3.22. The Balaban J connectivity index is 1.90. The van der Waals surface area contributed by atoms with Crippen molar-refractivity contribution in [2.24, 2.45) is 5.73 Å².